The number of benzene rings is 1. The molecule has 1 aromatic carbocycles. The summed E-state index contributed by atoms with van der Waals surface area (Å²) in [5.41, 5.74) is 0.143. The van der Waals surface area contributed by atoms with Gasteiger partial charge in [-0.25, -0.2) is 4.39 Å². The number of hydrogen-bond acceptors (Lipinski definition) is 3. The molecule has 1 aliphatic carbocycles. The standard InChI is InChI=1S/C16H15FN2O2/c1-9-5-12-13(6-9)16(21)19(15(12)20)8-11-4-2-3-10(7-18)14(11)17/h2-4,9,12-13H,5-6,8H2,1H3. The number of rotatable bonds is 2. The number of nitriles is 1. The number of halogens is 1. The molecule has 0 bridgehead atoms. The lowest BCUT2D eigenvalue weighted by Crippen LogP contribution is -2.32. The molecule has 1 saturated heterocycles. The van der Waals surface area contributed by atoms with E-state index in [0.717, 1.165) is 17.7 Å². The smallest absolute Gasteiger partial charge is 0.233 e. The number of fused-ring (bicyclic) bond motifs is 1. The Balaban J connectivity index is 1.86. The van der Waals surface area contributed by atoms with Crippen LogP contribution in [0.15, 0.2) is 18.2 Å². The molecule has 2 aliphatic rings. The predicted molar refractivity (Wildman–Crippen MR) is 72.1 cm³/mol. The number of hydrogen-bond donors (Lipinski definition) is 0. The molecule has 1 aliphatic heterocycles. The first-order valence-corrected chi connectivity index (χ1v) is 7.05. The topological polar surface area (TPSA) is 61.2 Å². The van der Waals surface area contributed by atoms with E-state index in [1.54, 1.807) is 12.1 Å². The van der Waals surface area contributed by atoms with Crippen molar-refractivity contribution in [2.75, 3.05) is 0 Å². The Kier molecular flexibility index (Phi) is 3.25. The van der Waals surface area contributed by atoms with Crippen LogP contribution in [0.4, 0.5) is 4.39 Å². The van der Waals surface area contributed by atoms with Gasteiger partial charge in [0.2, 0.25) is 11.8 Å². The molecule has 1 heterocycles. The first kappa shape index (κ1) is 13.7. The average Bonchev–Trinajstić information content (AvgIpc) is 2.94. The normalized spacial score (nSPS) is 27.9. The van der Waals surface area contributed by atoms with Gasteiger partial charge in [-0.3, -0.25) is 14.5 Å². The maximum atomic E-state index is 14.1. The highest BCUT2D eigenvalue weighted by Gasteiger charge is 2.51. The van der Waals surface area contributed by atoms with Gasteiger partial charge in [-0.2, -0.15) is 5.26 Å². The third kappa shape index (κ3) is 2.11. The molecule has 5 heteroatoms. The van der Waals surface area contributed by atoms with Crippen LogP contribution in [0.3, 0.4) is 0 Å². The number of nitrogens with zero attached hydrogens (tertiary/aromatic N) is 2. The van der Waals surface area contributed by atoms with Crippen LogP contribution in [0, 0.1) is 34.9 Å². The lowest BCUT2D eigenvalue weighted by atomic mass is 10.00. The van der Waals surface area contributed by atoms with Crippen molar-refractivity contribution in [3.63, 3.8) is 0 Å². The maximum absolute atomic E-state index is 14.1. The van der Waals surface area contributed by atoms with Gasteiger partial charge in [-0.1, -0.05) is 19.1 Å². The number of amides is 2. The molecule has 0 spiro atoms. The van der Waals surface area contributed by atoms with Crippen LogP contribution in [0.1, 0.15) is 30.9 Å². The zero-order valence-electron chi connectivity index (χ0n) is 11.7. The van der Waals surface area contributed by atoms with Crippen molar-refractivity contribution in [1.29, 1.82) is 5.26 Å². The van der Waals surface area contributed by atoms with E-state index in [9.17, 15) is 14.0 Å². The Morgan fingerprint density at radius 1 is 1.29 bits per heavy atom. The Bertz CT molecular complexity index is 641. The first-order valence-electron chi connectivity index (χ1n) is 7.05. The second-order valence-electron chi connectivity index (χ2n) is 5.94. The van der Waals surface area contributed by atoms with Crippen molar-refractivity contribution in [3.8, 4) is 6.07 Å². The fraction of sp³-hybridized carbons (Fsp3) is 0.438. The highest BCUT2D eigenvalue weighted by Crippen LogP contribution is 2.43. The first-order chi connectivity index (χ1) is 10.0. The molecule has 1 saturated carbocycles. The van der Waals surface area contributed by atoms with Gasteiger partial charge in [0.25, 0.3) is 0 Å². The van der Waals surface area contributed by atoms with E-state index in [0.29, 0.717) is 5.92 Å². The third-order valence-electron chi connectivity index (χ3n) is 4.49. The Morgan fingerprint density at radius 2 is 1.90 bits per heavy atom. The summed E-state index contributed by atoms with van der Waals surface area (Å²) in [6.45, 7) is 1.96. The molecule has 1 aromatic rings. The average molecular weight is 286 g/mol. The van der Waals surface area contributed by atoms with Gasteiger partial charge in [0.15, 0.2) is 0 Å². The van der Waals surface area contributed by atoms with E-state index >= 15 is 0 Å². The predicted octanol–water partition coefficient (Wildman–Crippen LogP) is 2.23. The fourth-order valence-electron chi connectivity index (χ4n) is 3.46. The minimum Gasteiger partial charge on any atom is -0.278 e. The summed E-state index contributed by atoms with van der Waals surface area (Å²) in [7, 11) is 0. The largest absolute Gasteiger partial charge is 0.278 e. The fourth-order valence-corrected chi connectivity index (χ4v) is 3.46. The number of carbonyl (C=O) groups is 2. The number of likely N-dealkylation sites (tertiary alicyclic amines) is 1. The molecule has 108 valence electrons. The van der Waals surface area contributed by atoms with Gasteiger partial charge in [-0.15, -0.1) is 0 Å². The molecule has 3 rings (SSSR count). The van der Waals surface area contributed by atoms with Crippen LogP contribution < -0.4 is 0 Å². The van der Waals surface area contributed by atoms with Gasteiger partial charge >= 0.3 is 0 Å². The Morgan fingerprint density at radius 3 is 2.48 bits per heavy atom. The van der Waals surface area contributed by atoms with Crippen molar-refractivity contribution >= 4 is 11.8 Å². The lowest BCUT2D eigenvalue weighted by Gasteiger charge is -2.17. The van der Waals surface area contributed by atoms with E-state index in [1.165, 1.54) is 12.1 Å². The van der Waals surface area contributed by atoms with Gasteiger partial charge in [0, 0.05) is 5.56 Å². The molecular weight excluding hydrogens is 271 g/mol. The molecule has 0 N–H and O–H groups in total. The van der Waals surface area contributed by atoms with Gasteiger partial charge < -0.3 is 0 Å². The molecule has 4 nitrogen and oxygen atoms in total. The molecule has 2 unspecified atom stereocenters. The summed E-state index contributed by atoms with van der Waals surface area (Å²) in [6, 6.07) is 6.21. The number of imide groups is 1. The molecule has 2 atom stereocenters. The maximum Gasteiger partial charge on any atom is 0.233 e. The van der Waals surface area contributed by atoms with Crippen molar-refractivity contribution in [3.05, 3.63) is 35.1 Å². The highest BCUT2D eigenvalue weighted by molar-refractivity contribution is 6.05. The SMILES string of the molecule is CC1CC2C(=O)N(Cc3cccc(C#N)c3F)C(=O)C2C1. The quantitative estimate of drug-likeness (QED) is 0.783. The van der Waals surface area contributed by atoms with Crippen LogP contribution in [-0.2, 0) is 16.1 Å². The summed E-state index contributed by atoms with van der Waals surface area (Å²) in [4.78, 5) is 25.8. The minimum atomic E-state index is -0.647. The van der Waals surface area contributed by atoms with E-state index in [1.807, 2.05) is 6.92 Å². The minimum absolute atomic E-state index is 0.0691. The Hall–Kier alpha value is -2.22. The van der Waals surface area contributed by atoms with Crippen molar-refractivity contribution in [2.24, 2.45) is 17.8 Å². The van der Waals surface area contributed by atoms with Gasteiger partial charge in [0.05, 0.1) is 23.9 Å². The van der Waals surface area contributed by atoms with Crippen LogP contribution in [0.2, 0.25) is 0 Å². The van der Waals surface area contributed by atoms with E-state index < -0.39 is 5.82 Å². The monoisotopic (exact) mass is 286 g/mol. The van der Waals surface area contributed by atoms with E-state index in [2.05, 4.69) is 0 Å². The zero-order valence-corrected chi connectivity index (χ0v) is 11.7. The summed E-state index contributed by atoms with van der Waals surface area (Å²) in [6.07, 6.45) is 1.46. The van der Waals surface area contributed by atoms with Crippen LogP contribution >= 0.6 is 0 Å². The van der Waals surface area contributed by atoms with E-state index in [4.69, 9.17) is 5.26 Å². The lowest BCUT2D eigenvalue weighted by molar-refractivity contribution is -0.141. The second kappa shape index (κ2) is 4.96. The van der Waals surface area contributed by atoms with Crippen LogP contribution in [-0.4, -0.2) is 16.7 Å². The summed E-state index contributed by atoms with van der Waals surface area (Å²) < 4.78 is 14.1. The third-order valence-corrected chi connectivity index (χ3v) is 4.49. The Labute approximate surface area is 122 Å². The molecule has 0 aromatic heterocycles. The van der Waals surface area contributed by atoms with Crippen LogP contribution in [0.5, 0.6) is 0 Å². The molecule has 2 fully saturated rings. The molecular formula is C16H15FN2O2. The summed E-state index contributed by atoms with van der Waals surface area (Å²) in [5.74, 6) is -1.14. The second-order valence-corrected chi connectivity index (χ2v) is 5.94. The molecule has 21 heavy (non-hydrogen) atoms. The number of carbonyl (C=O) groups excluding carboxylic acids is 2. The van der Waals surface area contributed by atoms with Gasteiger partial charge in [0.1, 0.15) is 11.9 Å². The van der Waals surface area contributed by atoms with Crippen molar-refractivity contribution in [1.82, 2.24) is 4.90 Å². The summed E-state index contributed by atoms with van der Waals surface area (Å²) in [5, 5.41) is 8.83. The zero-order chi connectivity index (χ0) is 15.1. The molecule has 0 radical (unpaired) electrons. The van der Waals surface area contributed by atoms with E-state index in [-0.39, 0.29) is 41.3 Å². The molecule has 2 amide bonds. The van der Waals surface area contributed by atoms with Gasteiger partial charge in [-0.05, 0) is 24.8 Å². The summed E-state index contributed by atoms with van der Waals surface area (Å²) >= 11 is 0. The highest BCUT2D eigenvalue weighted by atomic mass is 19.1. The van der Waals surface area contributed by atoms with Crippen LogP contribution in [0.25, 0.3) is 0 Å². The van der Waals surface area contributed by atoms with Crippen molar-refractivity contribution in [2.45, 2.75) is 26.3 Å². The van der Waals surface area contributed by atoms with Crippen molar-refractivity contribution < 1.29 is 14.0 Å².